The van der Waals surface area contributed by atoms with Crippen molar-refractivity contribution >= 4 is 41.0 Å². The van der Waals surface area contributed by atoms with Crippen LogP contribution in [0.5, 0.6) is 11.6 Å². The van der Waals surface area contributed by atoms with Crippen LogP contribution < -0.4 is 16.2 Å². The fourth-order valence-electron chi connectivity index (χ4n) is 2.78. The third kappa shape index (κ3) is 5.96. The molecule has 0 saturated carbocycles. The molecule has 12 heteroatoms. The van der Waals surface area contributed by atoms with Crippen molar-refractivity contribution in [2.24, 2.45) is 0 Å². The van der Waals surface area contributed by atoms with Gasteiger partial charge in [0.15, 0.2) is 5.75 Å². The number of amides is 2. The van der Waals surface area contributed by atoms with Gasteiger partial charge in [0.1, 0.15) is 17.7 Å². The number of halogens is 2. The third-order valence-corrected chi connectivity index (χ3v) is 5.53. The number of carboxylic acid groups (broad SMARTS) is 1. The number of hydrogen-bond donors (Lipinski definition) is 5. The fraction of sp³-hybridized carbons (Fsp3) is 0.333. The molecule has 1 aromatic heterocycles. The smallest absolute Gasteiger partial charge is 0.322 e. The zero-order valence-corrected chi connectivity index (χ0v) is 19.5. The van der Waals surface area contributed by atoms with E-state index in [0.29, 0.717) is 21.6 Å². The van der Waals surface area contributed by atoms with Crippen LogP contribution in [0.25, 0.3) is 0 Å². The van der Waals surface area contributed by atoms with Gasteiger partial charge in [-0.2, -0.15) is 0 Å². The van der Waals surface area contributed by atoms with Crippen LogP contribution in [0.3, 0.4) is 0 Å². The van der Waals surface area contributed by atoms with Gasteiger partial charge in [0, 0.05) is 15.6 Å². The third-order valence-electron chi connectivity index (χ3n) is 4.95. The van der Waals surface area contributed by atoms with Gasteiger partial charge in [-0.15, -0.1) is 0 Å². The molecule has 0 saturated heterocycles. The SMILES string of the molecule is CCC(C)(C)NC(=O)c1c(O)c(C(=O)NCC(=O)O)c(O)n(Cc2ccc(Cl)cc2Cl)c1=O. The van der Waals surface area contributed by atoms with Crippen molar-refractivity contribution in [1.29, 1.82) is 0 Å². The molecule has 2 aromatic rings. The number of rotatable bonds is 8. The number of carbonyl (C=O) groups is 3. The second-order valence-corrected chi connectivity index (χ2v) is 8.66. The molecule has 2 rings (SSSR count). The van der Waals surface area contributed by atoms with Gasteiger partial charge in [0.25, 0.3) is 17.4 Å². The molecule has 0 fully saturated rings. The second-order valence-electron chi connectivity index (χ2n) is 7.82. The van der Waals surface area contributed by atoms with E-state index in [1.54, 1.807) is 20.8 Å². The van der Waals surface area contributed by atoms with Gasteiger partial charge in [-0.05, 0) is 38.0 Å². The van der Waals surface area contributed by atoms with Crippen LogP contribution in [-0.4, -0.2) is 49.8 Å². The minimum absolute atomic E-state index is 0.150. The molecule has 0 aliphatic rings. The van der Waals surface area contributed by atoms with Crippen molar-refractivity contribution in [2.75, 3.05) is 6.54 Å². The van der Waals surface area contributed by atoms with Gasteiger partial charge in [-0.25, -0.2) is 0 Å². The number of carbonyl (C=O) groups excluding carboxylic acids is 2. The summed E-state index contributed by atoms with van der Waals surface area (Å²) in [6, 6.07) is 4.37. The number of hydrogen-bond acceptors (Lipinski definition) is 6. The van der Waals surface area contributed by atoms with E-state index in [2.05, 4.69) is 5.32 Å². The zero-order valence-electron chi connectivity index (χ0n) is 18.0. The van der Waals surface area contributed by atoms with Gasteiger partial charge in [-0.3, -0.25) is 23.7 Å². The quantitative estimate of drug-likeness (QED) is 0.372. The fourth-order valence-corrected chi connectivity index (χ4v) is 3.25. The van der Waals surface area contributed by atoms with Crippen molar-refractivity contribution in [3.63, 3.8) is 0 Å². The van der Waals surface area contributed by atoms with Gasteiger partial charge in [0.05, 0.1) is 6.54 Å². The Balaban J connectivity index is 2.73. The number of benzene rings is 1. The largest absolute Gasteiger partial charge is 0.506 e. The Hall–Kier alpha value is -3.24. The molecular weight excluding hydrogens is 477 g/mol. The normalized spacial score (nSPS) is 11.2. The molecule has 2 amide bonds. The molecule has 0 spiro atoms. The molecule has 0 aliphatic heterocycles. The topological polar surface area (TPSA) is 158 Å². The van der Waals surface area contributed by atoms with Crippen molar-refractivity contribution in [2.45, 2.75) is 39.3 Å². The lowest BCUT2D eigenvalue weighted by atomic mass is 10.0. The van der Waals surface area contributed by atoms with E-state index in [-0.39, 0.29) is 11.6 Å². The Bertz CT molecular complexity index is 1180. The summed E-state index contributed by atoms with van der Waals surface area (Å²) >= 11 is 12.0. The molecule has 178 valence electrons. The van der Waals surface area contributed by atoms with Crippen molar-refractivity contribution < 1.29 is 29.7 Å². The van der Waals surface area contributed by atoms with Crippen molar-refractivity contribution in [3.8, 4) is 11.6 Å². The Morgan fingerprint density at radius 2 is 1.73 bits per heavy atom. The number of pyridine rings is 1. The summed E-state index contributed by atoms with van der Waals surface area (Å²) in [7, 11) is 0. The molecule has 10 nitrogen and oxygen atoms in total. The van der Waals surface area contributed by atoms with Crippen LogP contribution >= 0.6 is 23.2 Å². The van der Waals surface area contributed by atoms with E-state index >= 15 is 0 Å². The van der Waals surface area contributed by atoms with E-state index in [1.165, 1.54) is 18.2 Å². The van der Waals surface area contributed by atoms with Crippen LogP contribution in [-0.2, 0) is 11.3 Å². The summed E-state index contributed by atoms with van der Waals surface area (Å²) in [6.45, 7) is 3.97. The summed E-state index contributed by atoms with van der Waals surface area (Å²) in [4.78, 5) is 49.4. The van der Waals surface area contributed by atoms with Gasteiger partial charge in [-0.1, -0.05) is 36.2 Å². The van der Waals surface area contributed by atoms with Crippen molar-refractivity contribution in [3.05, 3.63) is 55.3 Å². The maximum absolute atomic E-state index is 13.1. The van der Waals surface area contributed by atoms with Crippen LogP contribution in [0.1, 0.15) is 53.5 Å². The standard InChI is InChI=1S/C21H23Cl2N3O7/c1-4-21(2,3)25-18(31)15-16(29)14(17(30)24-8-13(27)28)19(32)26(20(15)33)9-10-5-6-11(22)7-12(10)23/h5-7,29,32H,4,8-9H2,1-3H3,(H,24,30)(H,25,31)(H,27,28). The molecule has 0 unspecified atom stereocenters. The van der Waals surface area contributed by atoms with Crippen LogP contribution in [0.2, 0.25) is 10.0 Å². The van der Waals surface area contributed by atoms with E-state index in [4.69, 9.17) is 28.3 Å². The van der Waals surface area contributed by atoms with E-state index in [1.807, 2.05) is 5.32 Å². The van der Waals surface area contributed by atoms with E-state index in [9.17, 15) is 29.4 Å². The summed E-state index contributed by atoms with van der Waals surface area (Å²) in [5.41, 5.74) is -3.15. The highest BCUT2D eigenvalue weighted by Gasteiger charge is 2.32. The molecule has 33 heavy (non-hydrogen) atoms. The predicted octanol–water partition coefficient (Wildman–Crippen LogP) is 2.35. The van der Waals surface area contributed by atoms with Crippen LogP contribution in [0.15, 0.2) is 23.0 Å². The zero-order chi connectivity index (χ0) is 25.1. The lowest BCUT2D eigenvalue weighted by molar-refractivity contribution is -0.135. The Kier molecular flexibility index (Phi) is 7.99. The Morgan fingerprint density at radius 1 is 1.09 bits per heavy atom. The summed E-state index contributed by atoms with van der Waals surface area (Å²) < 4.78 is 0.679. The number of nitrogens with one attached hydrogen (secondary N) is 2. The van der Waals surface area contributed by atoms with Gasteiger partial charge < -0.3 is 26.0 Å². The monoisotopic (exact) mass is 499 g/mol. The van der Waals surface area contributed by atoms with Crippen LogP contribution in [0, 0.1) is 0 Å². The molecule has 0 aliphatic carbocycles. The highest BCUT2D eigenvalue weighted by atomic mass is 35.5. The molecule has 5 N–H and O–H groups in total. The number of nitrogens with zero attached hydrogens (tertiary/aromatic N) is 1. The molecule has 1 aromatic carbocycles. The van der Waals surface area contributed by atoms with E-state index < -0.39 is 58.2 Å². The van der Waals surface area contributed by atoms with E-state index in [0.717, 1.165) is 0 Å². The lowest BCUT2D eigenvalue weighted by Crippen LogP contribution is -2.45. The molecule has 0 bridgehead atoms. The molecular formula is C21H23Cl2N3O7. The first-order chi connectivity index (χ1) is 15.3. The predicted molar refractivity (Wildman–Crippen MR) is 121 cm³/mol. The maximum atomic E-state index is 13.1. The summed E-state index contributed by atoms with van der Waals surface area (Å²) in [6.07, 6.45) is 0.484. The summed E-state index contributed by atoms with van der Waals surface area (Å²) in [5, 5.41) is 35.1. The van der Waals surface area contributed by atoms with Crippen molar-refractivity contribution in [1.82, 2.24) is 15.2 Å². The lowest BCUT2D eigenvalue weighted by Gasteiger charge is -2.25. The minimum Gasteiger partial charge on any atom is -0.506 e. The summed E-state index contributed by atoms with van der Waals surface area (Å²) in [5.74, 6) is -5.62. The second kappa shape index (κ2) is 10.1. The Morgan fingerprint density at radius 3 is 2.27 bits per heavy atom. The number of aliphatic carboxylic acids is 1. The number of carboxylic acids is 1. The minimum atomic E-state index is -1.38. The first-order valence-corrected chi connectivity index (χ1v) is 10.5. The highest BCUT2D eigenvalue weighted by Crippen LogP contribution is 2.30. The Labute approximate surface area is 198 Å². The number of aromatic hydroxyl groups is 2. The first kappa shape index (κ1) is 26.0. The average molecular weight is 500 g/mol. The first-order valence-electron chi connectivity index (χ1n) is 9.74. The van der Waals surface area contributed by atoms with Gasteiger partial charge in [0.2, 0.25) is 5.88 Å². The molecule has 1 heterocycles. The van der Waals surface area contributed by atoms with Gasteiger partial charge >= 0.3 is 5.97 Å². The molecule has 0 atom stereocenters. The average Bonchev–Trinajstić information content (AvgIpc) is 2.70. The van der Waals surface area contributed by atoms with Crippen LogP contribution in [0.4, 0.5) is 0 Å². The number of aromatic nitrogens is 1. The highest BCUT2D eigenvalue weighted by molar-refractivity contribution is 6.35. The maximum Gasteiger partial charge on any atom is 0.322 e. The molecule has 0 radical (unpaired) electrons.